The number of carbonyl (C=O) groups excluding carboxylic acids is 1. The molecule has 2 heterocycles. The lowest BCUT2D eigenvalue weighted by atomic mass is 9.95. The van der Waals surface area contributed by atoms with E-state index in [1.54, 1.807) is 25.3 Å². The molecule has 2 bridgehead atoms. The fourth-order valence-electron chi connectivity index (χ4n) is 4.57. The van der Waals surface area contributed by atoms with E-state index in [1.807, 2.05) is 4.68 Å². The van der Waals surface area contributed by atoms with Gasteiger partial charge in [-0.05, 0) is 37.5 Å². The number of aliphatic imine (C=N–C) groups is 1. The summed E-state index contributed by atoms with van der Waals surface area (Å²) in [5.74, 6) is 3.46. The third-order valence-corrected chi connectivity index (χ3v) is 6.08. The van der Waals surface area contributed by atoms with Gasteiger partial charge in [-0.2, -0.15) is 5.10 Å². The summed E-state index contributed by atoms with van der Waals surface area (Å²) in [7, 11) is 3.53. The van der Waals surface area contributed by atoms with Crippen LogP contribution < -0.4 is 10.6 Å². The number of likely N-dealkylation sites (N-methyl/N-ethyl adjacent to an activating group) is 1. The minimum Gasteiger partial charge on any atom is -0.353 e. The summed E-state index contributed by atoms with van der Waals surface area (Å²) in [5.41, 5.74) is 0. The Kier molecular flexibility index (Phi) is 6.59. The van der Waals surface area contributed by atoms with Gasteiger partial charge in [-0.1, -0.05) is 6.42 Å². The normalized spacial score (nSPS) is 29.0. The number of nitrogens with one attached hydrogen (secondary N) is 2. The van der Waals surface area contributed by atoms with Gasteiger partial charge in [0.05, 0.1) is 6.54 Å². The molecule has 0 radical (unpaired) electrons. The topological polar surface area (TPSA) is 87.4 Å². The average Bonchev–Trinajstić information content (AvgIpc) is 3.35. The maximum atomic E-state index is 12.0. The number of rotatable bonds is 4. The Bertz CT molecular complexity index is 689. The van der Waals surface area contributed by atoms with Crippen molar-refractivity contribution >= 4 is 35.8 Å². The van der Waals surface area contributed by atoms with E-state index in [0.717, 1.165) is 43.0 Å². The van der Waals surface area contributed by atoms with Crippen LogP contribution >= 0.6 is 24.0 Å². The molecular weight excluding hydrogens is 457 g/mol. The zero-order valence-electron chi connectivity index (χ0n) is 16.1. The molecule has 2 fully saturated rings. The maximum absolute atomic E-state index is 12.0. The first-order chi connectivity index (χ1) is 12.6. The number of aryl methyl sites for hydroxylation is 1. The van der Waals surface area contributed by atoms with Gasteiger partial charge in [-0.3, -0.25) is 4.79 Å². The lowest BCUT2D eigenvalue weighted by Crippen LogP contribution is -2.51. The first-order valence-corrected chi connectivity index (χ1v) is 9.73. The van der Waals surface area contributed by atoms with Crippen molar-refractivity contribution in [2.45, 2.75) is 57.2 Å². The minimum atomic E-state index is 0. The molecule has 1 aromatic heterocycles. The van der Waals surface area contributed by atoms with Crippen molar-refractivity contribution in [3.05, 3.63) is 12.2 Å². The standard InChI is InChI=1S/C18H29N7O.HI/c1-24(2)17(26)9-19-18(23-15-8-12-3-4-13(15)7-12)22-14-5-6-16-20-11-21-25(16)10-14;/h11-15H,3-10H2,1-2H3,(H2,19,22,23);1H. The summed E-state index contributed by atoms with van der Waals surface area (Å²) in [6.07, 6.45) is 8.79. The number of nitrogens with zero attached hydrogens (tertiary/aromatic N) is 5. The lowest BCUT2D eigenvalue weighted by molar-refractivity contribution is -0.127. The quantitative estimate of drug-likeness (QED) is 0.377. The Morgan fingerprint density at radius 3 is 2.85 bits per heavy atom. The van der Waals surface area contributed by atoms with Crippen molar-refractivity contribution < 1.29 is 4.79 Å². The molecule has 1 amide bonds. The van der Waals surface area contributed by atoms with Gasteiger partial charge in [0.25, 0.3) is 0 Å². The largest absolute Gasteiger partial charge is 0.353 e. The van der Waals surface area contributed by atoms with E-state index in [-0.39, 0.29) is 42.5 Å². The van der Waals surface area contributed by atoms with Crippen LogP contribution in [-0.4, -0.2) is 64.3 Å². The van der Waals surface area contributed by atoms with Crippen LogP contribution in [0.1, 0.15) is 37.9 Å². The molecule has 0 spiro atoms. The van der Waals surface area contributed by atoms with Gasteiger partial charge in [0.2, 0.25) is 5.91 Å². The van der Waals surface area contributed by atoms with Gasteiger partial charge in [0.1, 0.15) is 18.7 Å². The zero-order chi connectivity index (χ0) is 18.1. The monoisotopic (exact) mass is 487 g/mol. The molecule has 1 aromatic rings. The molecule has 1 aliphatic heterocycles. The lowest BCUT2D eigenvalue weighted by Gasteiger charge is -2.29. The number of aromatic nitrogens is 3. The van der Waals surface area contributed by atoms with Crippen LogP contribution in [0.25, 0.3) is 0 Å². The molecule has 2 aliphatic carbocycles. The van der Waals surface area contributed by atoms with Crippen LogP contribution in [0.5, 0.6) is 0 Å². The average molecular weight is 487 g/mol. The molecule has 27 heavy (non-hydrogen) atoms. The van der Waals surface area contributed by atoms with Crippen LogP contribution in [0.2, 0.25) is 0 Å². The highest BCUT2D eigenvalue weighted by Gasteiger charge is 2.40. The van der Waals surface area contributed by atoms with Crippen LogP contribution in [0.3, 0.4) is 0 Å². The van der Waals surface area contributed by atoms with Gasteiger partial charge < -0.3 is 15.5 Å². The molecule has 0 saturated heterocycles. The second-order valence-corrected chi connectivity index (χ2v) is 8.12. The van der Waals surface area contributed by atoms with E-state index in [2.05, 4.69) is 25.7 Å². The Labute approximate surface area is 177 Å². The molecule has 4 atom stereocenters. The number of amides is 1. The summed E-state index contributed by atoms with van der Waals surface area (Å²) in [5, 5.41) is 11.5. The first-order valence-electron chi connectivity index (χ1n) is 9.73. The van der Waals surface area contributed by atoms with Gasteiger partial charge in [-0.15, -0.1) is 24.0 Å². The third-order valence-electron chi connectivity index (χ3n) is 6.08. The third kappa shape index (κ3) is 4.72. The number of carbonyl (C=O) groups is 1. The van der Waals surface area contributed by atoms with E-state index < -0.39 is 0 Å². The van der Waals surface area contributed by atoms with Gasteiger partial charge in [-0.25, -0.2) is 14.7 Å². The molecule has 0 aromatic carbocycles. The van der Waals surface area contributed by atoms with E-state index in [0.29, 0.717) is 6.04 Å². The second-order valence-electron chi connectivity index (χ2n) is 8.12. The SMILES string of the molecule is CN(C)C(=O)CN=C(NC1CCc2ncnn2C1)NC1CC2CCC1C2.I. The fraction of sp³-hybridized carbons (Fsp3) is 0.778. The summed E-state index contributed by atoms with van der Waals surface area (Å²) in [6.45, 7) is 0.957. The van der Waals surface area contributed by atoms with Crippen LogP contribution in [0.4, 0.5) is 0 Å². The molecular formula is C18H30IN7O. The highest BCUT2D eigenvalue weighted by molar-refractivity contribution is 14.0. The van der Waals surface area contributed by atoms with Crippen molar-refractivity contribution in [1.82, 2.24) is 30.3 Å². The van der Waals surface area contributed by atoms with E-state index in [4.69, 9.17) is 0 Å². The number of halogens is 1. The van der Waals surface area contributed by atoms with Gasteiger partial charge in [0.15, 0.2) is 5.96 Å². The molecule has 2 N–H and O–H groups in total. The number of guanidine groups is 1. The molecule has 9 heteroatoms. The summed E-state index contributed by atoms with van der Waals surface area (Å²) < 4.78 is 1.96. The second kappa shape index (κ2) is 8.74. The number of hydrogen-bond donors (Lipinski definition) is 2. The highest BCUT2D eigenvalue weighted by Crippen LogP contribution is 2.44. The van der Waals surface area contributed by atoms with Crippen LogP contribution in [0.15, 0.2) is 11.3 Å². The molecule has 2 saturated carbocycles. The zero-order valence-corrected chi connectivity index (χ0v) is 18.4. The maximum Gasteiger partial charge on any atom is 0.243 e. The molecule has 4 unspecified atom stereocenters. The van der Waals surface area contributed by atoms with Crippen molar-refractivity contribution in [3.63, 3.8) is 0 Å². The van der Waals surface area contributed by atoms with E-state index in [9.17, 15) is 4.79 Å². The minimum absolute atomic E-state index is 0. The van der Waals surface area contributed by atoms with Crippen molar-refractivity contribution in [1.29, 1.82) is 0 Å². The Morgan fingerprint density at radius 2 is 2.15 bits per heavy atom. The smallest absolute Gasteiger partial charge is 0.243 e. The van der Waals surface area contributed by atoms with Crippen molar-refractivity contribution in [2.75, 3.05) is 20.6 Å². The highest BCUT2D eigenvalue weighted by atomic mass is 127. The number of hydrogen-bond acceptors (Lipinski definition) is 4. The van der Waals surface area contributed by atoms with Gasteiger partial charge >= 0.3 is 0 Å². The molecule has 4 rings (SSSR count). The number of fused-ring (bicyclic) bond motifs is 3. The Balaban J connectivity index is 0.00000210. The Morgan fingerprint density at radius 1 is 1.30 bits per heavy atom. The predicted molar refractivity (Wildman–Crippen MR) is 114 cm³/mol. The molecule has 150 valence electrons. The fourth-order valence-corrected chi connectivity index (χ4v) is 4.57. The first kappa shape index (κ1) is 20.3. The van der Waals surface area contributed by atoms with Crippen molar-refractivity contribution in [2.24, 2.45) is 16.8 Å². The van der Waals surface area contributed by atoms with E-state index >= 15 is 0 Å². The summed E-state index contributed by atoms with van der Waals surface area (Å²) in [4.78, 5) is 22.4. The molecule has 8 nitrogen and oxygen atoms in total. The molecule has 3 aliphatic rings. The van der Waals surface area contributed by atoms with Crippen LogP contribution in [-0.2, 0) is 17.8 Å². The Hall–Kier alpha value is -1.39. The summed E-state index contributed by atoms with van der Waals surface area (Å²) in [6, 6.07) is 0.739. The van der Waals surface area contributed by atoms with E-state index in [1.165, 1.54) is 25.7 Å². The van der Waals surface area contributed by atoms with Crippen molar-refractivity contribution in [3.8, 4) is 0 Å². The summed E-state index contributed by atoms with van der Waals surface area (Å²) >= 11 is 0. The van der Waals surface area contributed by atoms with Gasteiger partial charge in [0, 0.05) is 32.6 Å². The predicted octanol–water partition coefficient (Wildman–Crippen LogP) is 1.02. The van der Waals surface area contributed by atoms with Crippen LogP contribution in [0, 0.1) is 11.8 Å².